The summed E-state index contributed by atoms with van der Waals surface area (Å²) in [6.07, 6.45) is 0. The predicted octanol–water partition coefficient (Wildman–Crippen LogP) is 1.17. The van der Waals surface area contributed by atoms with Gasteiger partial charge in [0.25, 0.3) is 5.56 Å². The summed E-state index contributed by atoms with van der Waals surface area (Å²) < 4.78 is 19.2. The third-order valence-corrected chi connectivity index (χ3v) is 3.12. The molecule has 1 aromatic heterocycles. The average molecular weight is 322 g/mol. The third-order valence-electron chi connectivity index (χ3n) is 3.12. The summed E-state index contributed by atoms with van der Waals surface area (Å²) in [7, 11) is 1.19. The fourth-order valence-electron chi connectivity index (χ4n) is 2.18. The van der Waals surface area contributed by atoms with Crippen molar-refractivity contribution < 1.29 is 28.9 Å². The molecule has 0 fully saturated rings. The topological polar surface area (TPSA) is 143 Å². The Morgan fingerprint density at radius 2 is 1.83 bits per heavy atom. The highest BCUT2D eigenvalue weighted by molar-refractivity contribution is 6.07. The van der Waals surface area contributed by atoms with Crippen LogP contribution in [0.4, 0.5) is 10.2 Å². The first kappa shape index (κ1) is 16.0. The van der Waals surface area contributed by atoms with E-state index in [2.05, 4.69) is 0 Å². The van der Waals surface area contributed by atoms with Gasteiger partial charge in [0.2, 0.25) is 0 Å². The minimum atomic E-state index is -1.72. The lowest BCUT2D eigenvalue weighted by Crippen LogP contribution is -2.24. The Kier molecular flexibility index (Phi) is 4.04. The van der Waals surface area contributed by atoms with Crippen molar-refractivity contribution in [1.82, 2.24) is 4.98 Å². The van der Waals surface area contributed by atoms with Crippen LogP contribution in [0.2, 0.25) is 0 Å². The van der Waals surface area contributed by atoms with E-state index in [1.165, 1.54) is 19.2 Å². The zero-order chi connectivity index (χ0) is 17.3. The predicted molar refractivity (Wildman–Crippen MR) is 77.3 cm³/mol. The first-order valence-corrected chi connectivity index (χ1v) is 6.14. The van der Waals surface area contributed by atoms with Crippen LogP contribution in [-0.4, -0.2) is 34.2 Å². The van der Waals surface area contributed by atoms with Crippen molar-refractivity contribution in [3.05, 3.63) is 45.5 Å². The molecule has 120 valence electrons. The van der Waals surface area contributed by atoms with Gasteiger partial charge in [-0.15, -0.1) is 0 Å². The Balaban J connectivity index is 3.04. The molecule has 1 aromatic carbocycles. The number of H-pyrrole nitrogens is 1. The molecular weight excluding hydrogens is 311 g/mol. The lowest BCUT2D eigenvalue weighted by molar-refractivity contribution is 0.0695. The molecule has 9 heteroatoms. The smallest absolute Gasteiger partial charge is 0.342 e. The van der Waals surface area contributed by atoms with Gasteiger partial charge in [0.1, 0.15) is 16.9 Å². The van der Waals surface area contributed by atoms with Gasteiger partial charge < -0.3 is 25.7 Å². The van der Waals surface area contributed by atoms with Gasteiger partial charge in [-0.2, -0.15) is 0 Å². The van der Waals surface area contributed by atoms with Crippen molar-refractivity contribution in [2.75, 3.05) is 12.8 Å². The van der Waals surface area contributed by atoms with Crippen LogP contribution in [0, 0.1) is 5.82 Å². The number of nitrogen functional groups attached to an aromatic ring is 1. The second-order valence-corrected chi connectivity index (χ2v) is 4.42. The number of nitrogens with one attached hydrogen (secondary N) is 1. The molecule has 0 saturated carbocycles. The summed E-state index contributed by atoms with van der Waals surface area (Å²) in [5, 5.41) is 18.5. The minimum absolute atomic E-state index is 0.242. The maximum Gasteiger partial charge on any atom is 0.342 e. The Morgan fingerprint density at radius 3 is 2.35 bits per heavy atom. The van der Waals surface area contributed by atoms with Crippen molar-refractivity contribution in [1.29, 1.82) is 0 Å². The molecule has 2 aromatic rings. The van der Waals surface area contributed by atoms with Gasteiger partial charge in [-0.3, -0.25) is 4.79 Å². The maximum absolute atomic E-state index is 14.4. The van der Waals surface area contributed by atoms with E-state index in [9.17, 15) is 29.0 Å². The molecule has 5 N–H and O–H groups in total. The zero-order valence-electron chi connectivity index (χ0n) is 11.7. The molecule has 2 rings (SSSR count). The molecule has 0 aliphatic carbocycles. The number of pyridine rings is 1. The molecule has 0 amide bonds. The number of anilines is 1. The van der Waals surface area contributed by atoms with Crippen molar-refractivity contribution in [2.45, 2.75) is 0 Å². The van der Waals surface area contributed by atoms with Crippen molar-refractivity contribution in [3.8, 4) is 16.9 Å². The molecule has 23 heavy (non-hydrogen) atoms. The van der Waals surface area contributed by atoms with Crippen LogP contribution in [-0.2, 0) is 0 Å². The van der Waals surface area contributed by atoms with E-state index in [0.29, 0.717) is 0 Å². The quantitative estimate of drug-likeness (QED) is 0.661. The van der Waals surface area contributed by atoms with Gasteiger partial charge in [-0.05, 0) is 6.07 Å². The van der Waals surface area contributed by atoms with Crippen LogP contribution in [0.3, 0.4) is 0 Å². The molecule has 0 atom stereocenters. The standard InChI is InChI=1S/C14H11FN2O6/c1-23-6-4-2-3-5(10(6)15)7-8(13(19)20)11(16)17-12(18)9(7)14(21)22/h2-4H,1H3,(H,19,20)(H,21,22)(H3,16,17,18). The van der Waals surface area contributed by atoms with E-state index in [0.717, 1.165) is 6.07 Å². The van der Waals surface area contributed by atoms with Crippen LogP contribution in [0.1, 0.15) is 20.7 Å². The summed E-state index contributed by atoms with van der Waals surface area (Å²) in [4.78, 5) is 36.6. The lowest BCUT2D eigenvalue weighted by Gasteiger charge is -2.14. The monoisotopic (exact) mass is 322 g/mol. The number of carboxylic acid groups (broad SMARTS) is 2. The van der Waals surface area contributed by atoms with Crippen LogP contribution in [0.25, 0.3) is 11.1 Å². The highest BCUT2D eigenvalue weighted by Gasteiger charge is 2.28. The SMILES string of the molecule is COc1cccc(-c2c(C(=O)O)c(N)[nH]c(=O)c2C(=O)O)c1F. The second-order valence-electron chi connectivity index (χ2n) is 4.42. The van der Waals surface area contributed by atoms with Gasteiger partial charge in [0.05, 0.1) is 7.11 Å². The number of nitrogens with two attached hydrogens (primary N) is 1. The number of hydrogen-bond donors (Lipinski definition) is 4. The normalized spacial score (nSPS) is 10.3. The summed E-state index contributed by atoms with van der Waals surface area (Å²) in [5.41, 5.74) is 1.64. The number of aromatic carboxylic acids is 2. The summed E-state index contributed by atoms with van der Waals surface area (Å²) in [5.74, 6) is -5.16. The number of aromatic nitrogens is 1. The van der Waals surface area contributed by atoms with Gasteiger partial charge >= 0.3 is 11.9 Å². The number of carbonyl (C=O) groups is 2. The number of carboxylic acids is 2. The zero-order valence-corrected chi connectivity index (χ0v) is 11.7. The third kappa shape index (κ3) is 2.59. The van der Waals surface area contributed by atoms with Crippen LogP contribution >= 0.6 is 0 Å². The molecule has 0 aliphatic rings. The minimum Gasteiger partial charge on any atom is -0.494 e. The molecule has 0 spiro atoms. The number of ether oxygens (including phenoxy) is 1. The molecule has 0 radical (unpaired) electrons. The van der Waals surface area contributed by atoms with Crippen molar-refractivity contribution >= 4 is 17.8 Å². The molecule has 0 bridgehead atoms. The molecule has 0 aliphatic heterocycles. The van der Waals surface area contributed by atoms with Gasteiger partial charge in [0.15, 0.2) is 11.6 Å². The molecule has 0 unspecified atom stereocenters. The highest BCUT2D eigenvalue weighted by atomic mass is 19.1. The summed E-state index contributed by atoms with van der Waals surface area (Å²) >= 11 is 0. The first-order valence-electron chi connectivity index (χ1n) is 6.14. The van der Waals surface area contributed by atoms with Crippen molar-refractivity contribution in [2.24, 2.45) is 0 Å². The largest absolute Gasteiger partial charge is 0.494 e. The Bertz CT molecular complexity index is 874. The van der Waals surface area contributed by atoms with Crippen molar-refractivity contribution in [3.63, 3.8) is 0 Å². The van der Waals surface area contributed by atoms with E-state index in [-0.39, 0.29) is 5.75 Å². The first-order chi connectivity index (χ1) is 10.8. The van der Waals surface area contributed by atoms with Crippen LogP contribution in [0.5, 0.6) is 5.75 Å². The molecule has 0 saturated heterocycles. The van der Waals surface area contributed by atoms with Crippen LogP contribution < -0.4 is 16.0 Å². The van der Waals surface area contributed by atoms with E-state index in [1.807, 2.05) is 4.98 Å². The number of aromatic amines is 1. The molecular formula is C14H11FN2O6. The van der Waals surface area contributed by atoms with E-state index in [1.54, 1.807) is 0 Å². The van der Waals surface area contributed by atoms with Gasteiger partial charge in [-0.1, -0.05) is 12.1 Å². The van der Waals surface area contributed by atoms with Crippen LogP contribution in [0.15, 0.2) is 23.0 Å². The number of methoxy groups -OCH3 is 1. The molecule has 1 heterocycles. The Hall–Kier alpha value is -3.36. The Labute approximate surface area is 127 Å². The van der Waals surface area contributed by atoms with Gasteiger partial charge in [-0.25, -0.2) is 14.0 Å². The summed E-state index contributed by atoms with van der Waals surface area (Å²) in [6, 6.07) is 3.72. The highest BCUT2D eigenvalue weighted by Crippen LogP contribution is 2.34. The van der Waals surface area contributed by atoms with Gasteiger partial charge in [0, 0.05) is 11.1 Å². The molecule has 8 nitrogen and oxygen atoms in total. The van der Waals surface area contributed by atoms with E-state index in [4.69, 9.17) is 10.5 Å². The summed E-state index contributed by atoms with van der Waals surface area (Å²) in [6.45, 7) is 0. The second kappa shape index (κ2) is 5.79. The van der Waals surface area contributed by atoms with E-state index < -0.39 is 51.4 Å². The number of halogens is 1. The lowest BCUT2D eigenvalue weighted by atomic mass is 9.95. The number of benzene rings is 1. The Morgan fingerprint density at radius 1 is 1.22 bits per heavy atom. The fraction of sp³-hybridized carbons (Fsp3) is 0.0714. The number of hydrogen-bond acceptors (Lipinski definition) is 5. The van der Waals surface area contributed by atoms with E-state index >= 15 is 0 Å². The number of rotatable bonds is 4. The maximum atomic E-state index is 14.4. The fourth-order valence-corrected chi connectivity index (χ4v) is 2.18. The average Bonchev–Trinajstić information content (AvgIpc) is 2.45.